The number of anilines is 1. The van der Waals surface area contributed by atoms with Crippen LogP contribution in [0.25, 0.3) is 21.9 Å². The Bertz CT molecular complexity index is 1420. The van der Waals surface area contributed by atoms with Crippen molar-refractivity contribution in [2.24, 2.45) is 0 Å². The van der Waals surface area contributed by atoms with Crippen LogP contribution in [0.15, 0.2) is 45.8 Å². The van der Waals surface area contributed by atoms with Crippen LogP contribution in [-0.2, 0) is 6.54 Å². The highest BCUT2D eigenvalue weighted by Crippen LogP contribution is 2.26. The highest BCUT2D eigenvalue weighted by atomic mass is 19.1. The Kier molecular flexibility index (Phi) is 5.29. The molecule has 2 N–H and O–H groups in total. The van der Waals surface area contributed by atoms with Crippen LogP contribution in [-0.4, -0.2) is 54.0 Å². The molecule has 10 heteroatoms. The number of nitrogens with one attached hydrogen (secondary N) is 2. The summed E-state index contributed by atoms with van der Waals surface area (Å²) in [6.07, 6.45) is 1.41. The maximum atomic E-state index is 14.9. The number of piperazine rings is 1. The maximum Gasteiger partial charge on any atom is 0.292 e. The van der Waals surface area contributed by atoms with Gasteiger partial charge in [-0.05, 0) is 30.3 Å². The molecule has 1 aromatic carbocycles. The number of fused-ring (bicyclic) bond motifs is 3. The fourth-order valence-electron chi connectivity index (χ4n) is 4.25. The molecule has 33 heavy (non-hydrogen) atoms. The highest BCUT2D eigenvalue weighted by Gasteiger charge is 2.22. The average molecular weight is 453 g/mol. The fourth-order valence-corrected chi connectivity index (χ4v) is 4.25. The van der Waals surface area contributed by atoms with E-state index in [-0.39, 0.29) is 22.7 Å². The minimum Gasteiger partial charge on any atom is -0.459 e. The summed E-state index contributed by atoms with van der Waals surface area (Å²) in [6, 6.07) is 7.78. The molecule has 1 fully saturated rings. The summed E-state index contributed by atoms with van der Waals surface area (Å²) in [4.78, 5) is 34.3. The van der Waals surface area contributed by atoms with E-state index in [0.29, 0.717) is 60.3 Å². The van der Waals surface area contributed by atoms with E-state index in [1.54, 1.807) is 18.2 Å². The molecule has 0 bridgehead atoms. The number of furan rings is 1. The minimum atomic E-state index is -0.695. The number of hydrogen-bond donors (Lipinski definition) is 2. The molecule has 0 atom stereocenters. The summed E-state index contributed by atoms with van der Waals surface area (Å²) in [5.41, 5.74) is 1.20. The van der Waals surface area contributed by atoms with Crippen LogP contribution >= 0.6 is 0 Å². The molecule has 0 radical (unpaired) electrons. The number of hydrogen-bond acceptors (Lipinski definition) is 6. The Morgan fingerprint density at radius 1 is 1.15 bits per heavy atom. The average Bonchev–Trinajstić information content (AvgIpc) is 3.31. The first-order valence-electron chi connectivity index (χ1n) is 10.5. The molecule has 5 rings (SSSR count). The summed E-state index contributed by atoms with van der Waals surface area (Å²) in [6.45, 7) is 2.59. The number of aromatic nitrogens is 2. The Morgan fingerprint density at radius 3 is 2.67 bits per heavy atom. The van der Waals surface area contributed by atoms with Gasteiger partial charge in [0.2, 0.25) is 5.95 Å². The normalized spacial score (nSPS) is 14.8. The van der Waals surface area contributed by atoms with Gasteiger partial charge in [-0.3, -0.25) is 14.5 Å². The second kappa shape index (κ2) is 8.28. The van der Waals surface area contributed by atoms with Crippen molar-refractivity contribution in [3.05, 3.63) is 70.0 Å². The molecular weight excluding hydrogens is 432 g/mol. The lowest BCUT2D eigenvalue weighted by atomic mass is 10.1. The predicted molar refractivity (Wildman–Crippen MR) is 119 cm³/mol. The fraction of sp³-hybridized carbons (Fsp3) is 0.261. The number of aromatic amines is 1. The number of amides is 1. The topological polar surface area (TPSA) is 94.5 Å². The van der Waals surface area contributed by atoms with E-state index < -0.39 is 11.9 Å². The van der Waals surface area contributed by atoms with E-state index in [4.69, 9.17) is 4.42 Å². The Hall–Kier alpha value is -3.79. The van der Waals surface area contributed by atoms with Crippen LogP contribution in [0.5, 0.6) is 0 Å². The molecule has 0 saturated carbocycles. The predicted octanol–water partition coefficient (Wildman–Crippen LogP) is 2.63. The van der Waals surface area contributed by atoms with Crippen LogP contribution in [0.1, 0.15) is 16.1 Å². The van der Waals surface area contributed by atoms with Crippen molar-refractivity contribution >= 4 is 33.5 Å². The number of rotatable bonds is 4. The Labute approximate surface area is 186 Å². The molecular formula is C23H21F2N5O3. The van der Waals surface area contributed by atoms with Gasteiger partial charge in [0.05, 0.1) is 12.0 Å². The Balaban J connectivity index is 1.31. The van der Waals surface area contributed by atoms with E-state index in [1.165, 1.54) is 25.4 Å². The number of benzene rings is 1. The first kappa shape index (κ1) is 21.1. The van der Waals surface area contributed by atoms with Crippen molar-refractivity contribution in [2.45, 2.75) is 6.54 Å². The van der Waals surface area contributed by atoms with Gasteiger partial charge in [-0.25, -0.2) is 9.37 Å². The third kappa shape index (κ3) is 3.82. The van der Waals surface area contributed by atoms with Crippen molar-refractivity contribution in [3.8, 4) is 0 Å². The van der Waals surface area contributed by atoms with Gasteiger partial charge in [0.15, 0.2) is 5.58 Å². The number of carbonyl (C=O) groups excluding carboxylic acids is 1. The molecule has 4 heterocycles. The van der Waals surface area contributed by atoms with Gasteiger partial charge in [0.25, 0.3) is 11.5 Å². The van der Waals surface area contributed by atoms with Gasteiger partial charge in [-0.1, -0.05) is 0 Å². The number of H-pyrrole nitrogens is 1. The van der Waals surface area contributed by atoms with E-state index in [1.807, 2.05) is 4.90 Å². The summed E-state index contributed by atoms with van der Waals surface area (Å²) in [7, 11) is 1.46. The van der Waals surface area contributed by atoms with Crippen molar-refractivity contribution in [2.75, 3.05) is 38.1 Å². The van der Waals surface area contributed by atoms with Crippen LogP contribution < -0.4 is 15.8 Å². The van der Waals surface area contributed by atoms with E-state index >= 15 is 0 Å². The van der Waals surface area contributed by atoms with Crippen LogP contribution in [0.3, 0.4) is 0 Å². The molecule has 0 spiro atoms. The zero-order chi connectivity index (χ0) is 23.1. The van der Waals surface area contributed by atoms with Crippen molar-refractivity contribution in [3.63, 3.8) is 0 Å². The highest BCUT2D eigenvalue weighted by molar-refractivity contribution is 6.03. The third-order valence-electron chi connectivity index (χ3n) is 5.99. The molecule has 8 nitrogen and oxygen atoms in total. The Morgan fingerprint density at radius 2 is 1.94 bits per heavy atom. The van der Waals surface area contributed by atoms with Gasteiger partial charge < -0.3 is 19.6 Å². The first-order valence-corrected chi connectivity index (χ1v) is 10.5. The molecule has 1 amide bonds. The smallest absolute Gasteiger partial charge is 0.292 e. The molecule has 4 aromatic rings. The van der Waals surface area contributed by atoms with Gasteiger partial charge in [-0.15, -0.1) is 0 Å². The van der Waals surface area contributed by atoms with Crippen LogP contribution in [0.2, 0.25) is 0 Å². The van der Waals surface area contributed by atoms with E-state index in [0.717, 1.165) is 0 Å². The van der Waals surface area contributed by atoms with Gasteiger partial charge in [-0.2, -0.15) is 4.39 Å². The summed E-state index contributed by atoms with van der Waals surface area (Å²) in [5, 5.41) is 3.58. The standard InChI is InChI=1S/C23H21F2N5O3/c1-26-22(31)17-2-3-19(21(25)27-17)30-7-5-29(6-8-30)12-13-10-18-15(11-16(13)24)14-4-9-33-20(14)23(32)28-18/h2-4,9-11H,5-8,12H2,1H3,(H,26,31)(H,28,32). The lowest BCUT2D eigenvalue weighted by Gasteiger charge is -2.36. The zero-order valence-electron chi connectivity index (χ0n) is 17.8. The van der Waals surface area contributed by atoms with Crippen LogP contribution in [0, 0.1) is 11.8 Å². The van der Waals surface area contributed by atoms with Crippen molar-refractivity contribution in [1.82, 2.24) is 20.2 Å². The maximum absolute atomic E-state index is 14.9. The summed E-state index contributed by atoms with van der Waals surface area (Å²) < 4.78 is 34.5. The quantitative estimate of drug-likeness (QED) is 0.462. The third-order valence-corrected chi connectivity index (χ3v) is 5.99. The number of nitrogens with zero attached hydrogens (tertiary/aromatic N) is 3. The molecule has 1 saturated heterocycles. The molecule has 1 aliphatic heterocycles. The summed E-state index contributed by atoms with van der Waals surface area (Å²) in [5.74, 6) is -1.50. The largest absolute Gasteiger partial charge is 0.459 e. The second-order valence-corrected chi connectivity index (χ2v) is 7.96. The number of carbonyl (C=O) groups is 1. The molecule has 0 unspecified atom stereocenters. The SMILES string of the molecule is CNC(=O)c1ccc(N2CCN(Cc3cc4[nH]c(=O)c5occc5c4cc3F)CC2)c(F)n1. The van der Waals surface area contributed by atoms with E-state index in [9.17, 15) is 18.4 Å². The van der Waals surface area contributed by atoms with E-state index in [2.05, 4.69) is 20.2 Å². The van der Waals surface area contributed by atoms with Gasteiger partial charge in [0, 0.05) is 61.6 Å². The van der Waals surface area contributed by atoms with Crippen LogP contribution in [0.4, 0.5) is 14.5 Å². The van der Waals surface area contributed by atoms with Gasteiger partial charge >= 0.3 is 0 Å². The second-order valence-electron chi connectivity index (χ2n) is 7.96. The minimum absolute atomic E-state index is 0.0231. The molecule has 1 aliphatic rings. The molecule has 0 aliphatic carbocycles. The van der Waals surface area contributed by atoms with Gasteiger partial charge in [0.1, 0.15) is 11.5 Å². The lowest BCUT2D eigenvalue weighted by molar-refractivity contribution is 0.0957. The molecule has 170 valence electrons. The first-order chi connectivity index (χ1) is 15.9. The molecule has 3 aromatic heterocycles. The van der Waals surface area contributed by atoms with Crippen molar-refractivity contribution < 1.29 is 18.0 Å². The zero-order valence-corrected chi connectivity index (χ0v) is 17.8. The number of pyridine rings is 2. The van der Waals surface area contributed by atoms with Crippen molar-refractivity contribution in [1.29, 1.82) is 0 Å². The monoisotopic (exact) mass is 453 g/mol. The number of halogens is 2. The summed E-state index contributed by atoms with van der Waals surface area (Å²) >= 11 is 0. The lowest BCUT2D eigenvalue weighted by Crippen LogP contribution is -2.46.